The van der Waals surface area contributed by atoms with E-state index in [9.17, 15) is 0 Å². The van der Waals surface area contributed by atoms with Gasteiger partial charge in [0.05, 0.1) is 10.7 Å². The second-order valence-electron chi connectivity index (χ2n) is 4.69. The molecule has 0 saturated carbocycles. The summed E-state index contributed by atoms with van der Waals surface area (Å²) in [6.07, 6.45) is 5.74. The fraction of sp³-hybridized carbons (Fsp3) is 0.333. The lowest BCUT2D eigenvalue weighted by Gasteiger charge is -2.11. The van der Waals surface area contributed by atoms with Crippen LogP contribution < -0.4 is 0 Å². The van der Waals surface area contributed by atoms with Gasteiger partial charge in [-0.1, -0.05) is 0 Å². The minimum absolute atomic E-state index is 0.135. The maximum Gasteiger partial charge on any atom is 0.151 e. The Balaban J connectivity index is 2.23. The molecule has 2 rings (SSSR count). The lowest BCUT2D eigenvalue weighted by atomic mass is 10.3. The minimum Gasteiger partial charge on any atom is -0.305 e. The molecule has 0 aromatic carbocycles. The summed E-state index contributed by atoms with van der Waals surface area (Å²) < 4.78 is 7.44. The number of nitrogens with zero attached hydrogens (tertiary/aromatic N) is 3. The molecule has 0 aliphatic carbocycles. The Bertz CT molecular complexity index is 554. The van der Waals surface area contributed by atoms with E-state index in [0.717, 1.165) is 15.8 Å². The minimum atomic E-state index is 0.135. The summed E-state index contributed by atoms with van der Waals surface area (Å²) in [7, 11) is 0. The van der Waals surface area contributed by atoms with Crippen LogP contribution in [0.3, 0.4) is 0 Å². The van der Waals surface area contributed by atoms with Crippen molar-refractivity contribution in [3.05, 3.63) is 34.7 Å². The first-order valence-corrected chi connectivity index (χ1v) is 6.87. The van der Waals surface area contributed by atoms with Gasteiger partial charge in [-0.05, 0) is 60.8 Å². The molecule has 2 heterocycles. The number of pyridine rings is 1. The average molecular weight is 312 g/mol. The van der Waals surface area contributed by atoms with Crippen molar-refractivity contribution < 1.29 is 0 Å². The Hall–Kier alpha value is -0.810. The zero-order valence-corrected chi connectivity index (χ0v) is 12.4. The van der Waals surface area contributed by atoms with Crippen LogP contribution in [0.25, 0.3) is 5.65 Å². The smallest absolute Gasteiger partial charge is 0.151 e. The van der Waals surface area contributed by atoms with Gasteiger partial charge in [0, 0.05) is 17.1 Å². The van der Waals surface area contributed by atoms with Crippen LogP contribution in [0.15, 0.2) is 33.4 Å². The number of hydrogen-bond acceptors (Lipinski definition) is 3. The zero-order chi connectivity index (χ0) is 12.5. The summed E-state index contributed by atoms with van der Waals surface area (Å²) in [5, 5.41) is 0. The molecule has 0 aliphatic rings. The molecule has 0 N–H and O–H groups in total. The van der Waals surface area contributed by atoms with Gasteiger partial charge in [-0.25, -0.2) is 9.38 Å². The molecule has 0 saturated heterocycles. The molecule has 0 amide bonds. The van der Waals surface area contributed by atoms with Gasteiger partial charge in [0.15, 0.2) is 5.65 Å². The van der Waals surface area contributed by atoms with E-state index in [0.29, 0.717) is 0 Å². The van der Waals surface area contributed by atoms with Gasteiger partial charge in [-0.3, -0.25) is 0 Å². The van der Waals surface area contributed by atoms with E-state index in [1.807, 2.05) is 28.9 Å². The molecular weight excluding hydrogens is 298 g/mol. The van der Waals surface area contributed by atoms with Gasteiger partial charge in [-0.2, -0.15) is 0 Å². The molecule has 0 aliphatic heterocycles. The normalized spacial score (nSPS) is 12.7. The van der Waals surface area contributed by atoms with E-state index in [2.05, 4.69) is 46.1 Å². The summed E-state index contributed by atoms with van der Waals surface area (Å²) in [6.45, 7) is 6.40. The van der Waals surface area contributed by atoms with Crippen LogP contribution in [0, 0.1) is 0 Å². The van der Waals surface area contributed by atoms with E-state index >= 15 is 0 Å². The molecule has 0 atom stereocenters. The van der Waals surface area contributed by atoms with E-state index < -0.39 is 0 Å². The largest absolute Gasteiger partial charge is 0.305 e. The fourth-order valence-corrected chi connectivity index (χ4v) is 2.22. The first kappa shape index (κ1) is 12.6. The van der Waals surface area contributed by atoms with Crippen molar-refractivity contribution in [2.75, 3.05) is 0 Å². The molecule has 2 aromatic heterocycles. The van der Waals surface area contributed by atoms with Crippen molar-refractivity contribution in [1.29, 1.82) is 0 Å². The summed E-state index contributed by atoms with van der Waals surface area (Å²) >= 11 is 5.03. The number of hydrogen-bond donors (Lipinski definition) is 0. The first-order chi connectivity index (χ1) is 7.96. The lowest BCUT2D eigenvalue weighted by Crippen LogP contribution is -2.04. The number of halogens is 1. The third kappa shape index (κ3) is 3.33. The first-order valence-electron chi connectivity index (χ1n) is 5.30. The monoisotopic (exact) mass is 311 g/mol. The van der Waals surface area contributed by atoms with E-state index in [4.69, 9.17) is 0 Å². The van der Waals surface area contributed by atoms with Crippen LogP contribution in [0.4, 0.5) is 0 Å². The van der Waals surface area contributed by atoms with Gasteiger partial charge < -0.3 is 4.40 Å². The average Bonchev–Trinajstić information content (AvgIpc) is 2.60. The molecule has 0 bridgehead atoms. The van der Waals surface area contributed by atoms with E-state index in [1.54, 1.807) is 18.2 Å². The highest BCUT2D eigenvalue weighted by Gasteiger charge is 2.09. The maximum atomic E-state index is 4.49. The second-order valence-corrected chi connectivity index (χ2v) is 7.16. The standard InChI is InChI=1S/C12H14BrN3S/c1-12(2,3)17-14-7-9-8-16-6-4-5-10(13)11(16)15-9/h4-8H,1-3H3/b14-7+. The van der Waals surface area contributed by atoms with Crippen molar-refractivity contribution in [3.8, 4) is 0 Å². The Morgan fingerprint density at radius 1 is 1.47 bits per heavy atom. The molecule has 17 heavy (non-hydrogen) atoms. The molecule has 5 heteroatoms. The van der Waals surface area contributed by atoms with Crippen molar-refractivity contribution in [2.24, 2.45) is 4.40 Å². The SMILES string of the molecule is CC(C)(C)S/N=C/c1cn2cccc(Br)c2n1. The van der Waals surface area contributed by atoms with Gasteiger partial charge in [0.25, 0.3) is 0 Å². The molecule has 3 nitrogen and oxygen atoms in total. The second kappa shape index (κ2) is 4.82. The third-order valence-electron chi connectivity index (χ3n) is 1.97. The van der Waals surface area contributed by atoms with Crippen molar-refractivity contribution in [3.63, 3.8) is 0 Å². The highest BCUT2D eigenvalue weighted by Crippen LogP contribution is 2.24. The Kier molecular flexibility index (Phi) is 3.58. The predicted octanol–water partition coefficient (Wildman–Crippen LogP) is 3.96. The summed E-state index contributed by atoms with van der Waals surface area (Å²) in [5.74, 6) is 0. The molecule has 0 fully saturated rings. The van der Waals surface area contributed by atoms with Crippen LogP contribution >= 0.6 is 27.9 Å². The lowest BCUT2D eigenvalue weighted by molar-refractivity contribution is 0.804. The Morgan fingerprint density at radius 3 is 2.88 bits per heavy atom. The number of fused-ring (bicyclic) bond motifs is 1. The highest BCUT2D eigenvalue weighted by molar-refractivity contribution is 9.10. The van der Waals surface area contributed by atoms with Crippen LogP contribution in [-0.4, -0.2) is 20.3 Å². The molecule has 0 radical (unpaired) electrons. The maximum absolute atomic E-state index is 4.49. The van der Waals surface area contributed by atoms with Gasteiger partial charge >= 0.3 is 0 Å². The molecule has 2 aromatic rings. The van der Waals surface area contributed by atoms with Crippen molar-refractivity contribution in [1.82, 2.24) is 9.38 Å². The number of rotatable bonds is 2. The topological polar surface area (TPSA) is 29.7 Å². The van der Waals surface area contributed by atoms with Gasteiger partial charge in [-0.15, -0.1) is 0 Å². The van der Waals surface area contributed by atoms with E-state index in [1.165, 1.54) is 0 Å². The fourth-order valence-electron chi connectivity index (χ4n) is 1.30. The number of aromatic nitrogens is 2. The highest BCUT2D eigenvalue weighted by atomic mass is 79.9. The van der Waals surface area contributed by atoms with Crippen molar-refractivity contribution in [2.45, 2.75) is 25.5 Å². The zero-order valence-electron chi connectivity index (χ0n) is 10.0. The summed E-state index contributed by atoms with van der Waals surface area (Å²) in [4.78, 5) is 4.49. The molecule has 0 unspecified atom stereocenters. The van der Waals surface area contributed by atoms with Crippen LogP contribution in [0.5, 0.6) is 0 Å². The molecular formula is C12H14BrN3S. The van der Waals surface area contributed by atoms with Crippen LogP contribution in [0.2, 0.25) is 0 Å². The van der Waals surface area contributed by atoms with Crippen LogP contribution in [-0.2, 0) is 0 Å². The molecule has 0 spiro atoms. The van der Waals surface area contributed by atoms with E-state index in [-0.39, 0.29) is 4.75 Å². The summed E-state index contributed by atoms with van der Waals surface area (Å²) in [6, 6.07) is 3.96. The summed E-state index contributed by atoms with van der Waals surface area (Å²) in [5.41, 5.74) is 1.78. The predicted molar refractivity (Wildman–Crippen MR) is 77.8 cm³/mol. The Morgan fingerprint density at radius 2 is 2.24 bits per heavy atom. The van der Waals surface area contributed by atoms with Gasteiger partial charge in [0.1, 0.15) is 5.69 Å². The Labute approximate surface area is 114 Å². The third-order valence-corrected chi connectivity index (χ3v) is 3.34. The van der Waals surface area contributed by atoms with Gasteiger partial charge in [0.2, 0.25) is 0 Å². The van der Waals surface area contributed by atoms with Crippen LogP contribution in [0.1, 0.15) is 26.5 Å². The number of imidazole rings is 1. The molecule has 90 valence electrons. The van der Waals surface area contributed by atoms with Crippen molar-refractivity contribution >= 4 is 39.7 Å². The quantitative estimate of drug-likeness (QED) is 0.620.